The van der Waals surface area contributed by atoms with Gasteiger partial charge in [0.25, 0.3) is 0 Å². The maximum atomic E-state index is 12.4. The van der Waals surface area contributed by atoms with Gasteiger partial charge in [-0.15, -0.1) is 11.3 Å². The van der Waals surface area contributed by atoms with Crippen LogP contribution in [0.1, 0.15) is 37.1 Å². The standard InChI is InChI=1S/C19H25N3O3S/c1-13-21-16-11-15(6-7-17(16)26-13)22-12-14(10-18(22)24)19(25)20-8-4-2-3-5-9-23/h6-7,11,14,23H,2-5,8-10,12H2,1H3,(H,20,25). The lowest BCUT2D eigenvalue weighted by Crippen LogP contribution is -2.33. The fourth-order valence-electron chi connectivity index (χ4n) is 3.28. The number of aliphatic hydroxyl groups excluding tert-OH is 1. The lowest BCUT2D eigenvalue weighted by Gasteiger charge is -2.16. The first kappa shape index (κ1) is 18.8. The molecule has 1 saturated heterocycles. The number of fused-ring (bicyclic) bond motifs is 1. The predicted octanol–water partition coefficient (Wildman–Crippen LogP) is 2.63. The fraction of sp³-hybridized carbons (Fsp3) is 0.526. The van der Waals surface area contributed by atoms with E-state index in [1.54, 1.807) is 16.2 Å². The van der Waals surface area contributed by atoms with Crippen LogP contribution in [-0.4, -0.2) is 41.6 Å². The number of anilines is 1. The number of thiazole rings is 1. The number of hydrogen-bond donors (Lipinski definition) is 2. The number of amides is 2. The van der Waals surface area contributed by atoms with Crippen LogP contribution in [0.15, 0.2) is 18.2 Å². The first-order valence-corrected chi connectivity index (χ1v) is 9.96. The van der Waals surface area contributed by atoms with Gasteiger partial charge in [-0.3, -0.25) is 9.59 Å². The Morgan fingerprint density at radius 2 is 2.15 bits per heavy atom. The highest BCUT2D eigenvalue weighted by Crippen LogP contribution is 2.30. The van der Waals surface area contributed by atoms with Gasteiger partial charge in [0.2, 0.25) is 11.8 Å². The molecular formula is C19H25N3O3S. The van der Waals surface area contributed by atoms with Crippen molar-refractivity contribution in [2.75, 3.05) is 24.6 Å². The Kier molecular flexibility index (Phi) is 6.21. The average Bonchev–Trinajstić information content (AvgIpc) is 3.18. The summed E-state index contributed by atoms with van der Waals surface area (Å²) in [4.78, 5) is 30.9. The van der Waals surface area contributed by atoms with Gasteiger partial charge in [0.1, 0.15) is 0 Å². The molecule has 2 amide bonds. The van der Waals surface area contributed by atoms with Crippen LogP contribution >= 0.6 is 11.3 Å². The van der Waals surface area contributed by atoms with E-state index in [4.69, 9.17) is 5.11 Å². The number of hydrogen-bond acceptors (Lipinski definition) is 5. The third-order valence-corrected chi connectivity index (χ3v) is 5.62. The lowest BCUT2D eigenvalue weighted by molar-refractivity contribution is -0.126. The summed E-state index contributed by atoms with van der Waals surface area (Å²) >= 11 is 1.63. The molecule has 6 nitrogen and oxygen atoms in total. The molecule has 7 heteroatoms. The molecule has 1 aliphatic heterocycles. The normalized spacial score (nSPS) is 17.2. The summed E-state index contributed by atoms with van der Waals surface area (Å²) in [5.41, 5.74) is 1.71. The van der Waals surface area contributed by atoms with E-state index >= 15 is 0 Å². The molecule has 2 heterocycles. The van der Waals surface area contributed by atoms with Crippen molar-refractivity contribution < 1.29 is 14.7 Å². The largest absolute Gasteiger partial charge is 0.396 e. The van der Waals surface area contributed by atoms with Crippen molar-refractivity contribution in [2.45, 2.75) is 39.0 Å². The molecule has 1 aromatic heterocycles. The molecule has 1 aliphatic rings. The van der Waals surface area contributed by atoms with Crippen molar-refractivity contribution in [2.24, 2.45) is 5.92 Å². The Labute approximate surface area is 157 Å². The second kappa shape index (κ2) is 8.60. The van der Waals surface area contributed by atoms with E-state index < -0.39 is 0 Å². The molecule has 0 spiro atoms. The molecule has 0 bridgehead atoms. The quantitative estimate of drug-likeness (QED) is 0.695. The van der Waals surface area contributed by atoms with Crippen LogP contribution in [0.4, 0.5) is 5.69 Å². The number of unbranched alkanes of at least 4 members (excludes halogenated alkanes) is 3. The Bertz CT molecular complexity index is 789. The summed E-state index contributed by atoms with van der Waals surface area (Å²) in [5.74, 6) is -0.360. The van der Waals surface area contributed by atoms with Crippen molar-refractivity contribution in [3.05, 3.63) is 23.2 Å². The molecule has 0 radical (unpaired) electrons. The SMILES string of the molecule is Cc1nc2cc(N3CC(C(=O)NCCCCCCO)CC3=O)ccc2s1. The van der Waals surface area contributed by atoms with E-state index in [-0.39, 0.29) is 30.8 Å². The van der Waals surface area contributed by atoms with Gasteiger partial charge in [-0.05, 0) is 38.0 Å². The first-order chi connectivity index (χ1) is 12.6. The summed E-state index contributed by atoms with van der Waals surface area (Å²) < 4.78 is 1.10. The Hall–Kier alpha value is -1.99. The van der Waals surface area contributed by atoms with Crippen molar-refractivity contribution in [1.82, 2.24) is 10.3 Å². The van der Waals surface area contributed by atoms with Gasteiger partial charge in [0.05, 0.1) is 21.1 Å². The number of rotatable bonds is 8. The number of carbonyl (C=O) groups is 2. The van der Waals surface area contributed by atoms with Crippen LogP contribution in [0.3, 0.4) is 0 Å². The fourth-order valence-corrected chi connectivity index (χ4v) is 4.09. The summed E-state index contributed by atoms with van der Waals surface area (Å²) in [6.45, 7) is 3.23. The molecule has 1 unspecified atom stereocenters. The first-order valence-electron chi connectivity index (χ1n) is 9.14. The zero-order valence-corrected chi connectivity index (χ0v) is 15.8. The third kappa shape index (κ3) is 4.40. The van der Waals surface area contributed by atoms with Crippen LogP contribution in [0.25, 0.3) is 10.2 Å². The van der Waals surface area contributed by atoms with Crippen LogP contribution < -0.4 is 10.2 Å². The topological polar surface area (TPSA) is 82.5 Å². The van der Waals surface area contributed by atoms with E-state index in [0.29, 0.717) is 13.1 Å². The van der Waals surface area contributed by atoms with Gasteiger partial charge in [0.15, 0.2) is 0 Å². The molecule has 140 valence electrons. The van der Waals surface area contributed by atoms with Crippen molar-refractivity contribution in [3.8, 4) is 0 Å². The maximum Gasteiger partial charge on any atom is 0.227 e. The summed E-state index contributed by atoms with van der Waals surface area (Å²) in [5, 5.41) is 12.7. The number of aliphatic hydroxyl groups is 1. The molecule has 2 N–H and O–H groups in total. The molecule has 26 heavy (non-hydrogen) atoms. The second-order valence-corrected chi connectivity index (χ2v) is 7.95. The smallest absolute Gasteiger partial charge is 0.227 e. The molecule has 1 fully saturated rings. The van der Waals surface area contributed by atoms with E-state index in [1.807, 2.05) is 25.1 Å². The molecule has 1 aromatic carbocycles. The number of aromatic nitrogens is 1. The van der Waals surface area contributed by atoms with E-state index in [2.05, 4.69) is 10.3 Å². The van der Waals surface area contributed by atoms with E-state index in [9.17, 15) is 9.59 Å². The summed E-state index contributed by atoms with van der Waals surface area (Å²) in [7, 11) is 0. The number of benzene rings is 1. The van der Waals surface area contributed by atoms with Crippen molar-refractivity contribution in [1.29, 1.82) is 0 Å². The highest BCUT2D eigenvalue weighted by Gasteiger charge is 2.35. The van der Waals surface area contributed by atoms with Gasteiger partial charge >= 0.3 is 0 Å². The molecule has 0 saturated carbocycles. The van der Waals surface area contributed by atoms with Crippen LogP contribution in [0.2, 0.25) is 0 Å². The Balaban J connectivity index is 1.54. The third-order valence-electron chi connectivity index (χ3n) is 4.67. The molecular weight excluding hydrogens is 350 g/mol. The molecule has 1 atom stereocenters. The zero-order chi connectivity index (χ0) is 18.5. The van der Waals surface area contributed by atoms with Gasteiger partial charge < -0.3 is 15.3 Å². The summed E-state index contributed by atoms with van der Waals surface area (Å²) in [6, 6.07) is 5.85. The van der Waals surface area contributed by atoms with E-state index in [1.165, 1.54) is 0 Å². The minimum atomic E-state index is -0.298. The minimum absolute atomic E-state index is 0.0144. The predicted molar refractivity (Wildman–Crippen MR) is 103 cm³/mol. The molecule has 3 rings (SSSR count). The Morgan fingerprint density at radius 3 is 2.96 bits per heavy atom. The summed E-state index contributed by atoms with van der Waals surface area (Å²) in [6.07, 6.45) is 3.92. The number of aryl methyl sites for hydroxylation is 1. The highest BCUT2D eigenvalue weighted by molar-refractivity contribution is 7.18. The van der Waals surface area contributed by atoms with Gasteiger partial charge in [-0.1, -0.05) is 12.8 Å². The Morgan fingerprint density at radius 1 is 1.35 bits per heavy atom. The lowest BCUT2D eigenvalue weighted by atomic mass is 10.1. The zero-order valence-electron chi connectivity index (χ0n) is 15.0. The van der Waals surface area contributed by atoms with Crippen LogP contribution in [-0.2, 0) is 9.59 Å². The monoisotopic (exact) mass is 375 g/mol. The number of carbonyl (C=O) groups excluding carboxylic acids is 2. The minimum Gasteiger partial charge on any atom is -0.396 e. The van der Waals surface area contributed by atoms with Gasteiger partial charge in [-0.2, -0.15) is 0 Å². The van der Waals surface area contributed by atoms with E-state index in [0.717, 1.165) is 46.6 Å². The second-order valence-electron chi connectivity index (χ2n) is 6.72. The average molecular weight is 375 g/mol. The number of nitrogens with one attached hydrogen (secondary N) is 1. The highest BCUT2D eigenvalue weighted by atomic mass is 32.1. The van der Waals surface area contributed by atoms with Crippen LogP contribution in [0, 0.1) is 12.8 Å². The molecule has 2 aromatic rings. The van der Waals surface area contributed by atoms with Crippen molar-refractivity contribution >= 4 is 39.1 Å². The van der Waals surface area contributed by atoms with Gasteiger partial charge in [0, 0.05) is 31.8 Å². The number of nitrogens with zero attached hydrogens (tertiary/aromatic N) is 2. The maximum absolute atomic E-state index is 12.4. The van der Waals surface area contributed by atoms with Gasteiger partial charge in [-0.25, -0.2) is 4.98 Å². The molecule has 0 aliphatic carbocycles. The van der Waals surface area contributed by atoms with Crippen LogP contribution in [0.5, 0.6) is 0 Å². The van der Waals surface area contributed by atoms with Crippen molar-refractivity contribution in [3.63, 3.8) is 0 Å².